The normalized spacial score (nSPS) is 22.6. The van der Waals surface area contributed by atoms with E-state index in [0.717, 1.165) is 0 Å². The molecule has 0 fully saturated rings. The van der Waals surface area contributed by atoms with Gasteiger partial charge in [-0.05, 0) is 5.89 Å². The van der Waals surface area contributed by atoms with Gasteiger partial charge in [-0.15, -0.1) is 0 Å². The van der Waals surface area contributed by atoms with Gasteiger partial charge in [-0.2, -0.15) is 0 Å². The Morgan fingerprint density at radius 1 is 1.70 bits per heavy atom. The van der Waals surface area contributed by atoms with Gasteiger partial charge in [0.15, 0.2) is 5.78 Å². The van der Waals surface area contributed by atoms with Gasteiger partial charge in [-0.3, -0.25) is 4.79 Å². The van der Waals surface area contributed by atoms with Gasteiger partial charge in [0.25, 0.3) is 0 Å². The third-order valence-electron chi connectivity index (χ3n) is 0.565. The number of carboxylic acid groups (broad SMARTS) is 1. The van der Waals surface area contributed by atoms with Gasteiger partial charge in [0.2, 0.25) is 0 Å². The van der Waals surface area contributed by atoms with E-state index in [1.54, 1.807) is 0 Å². The molecule has 0 saturated heterocycles. The molecule has 0 aromatic heterocycles. The molecule has 0 aromatic carbocycles. The molecule has 0 saturated carbocycles. The van der Waals surface area contributed by atoms with Crippen LogP contribution in [0.5, 0.6) is 0 Å². The monoisotopic (exact) mass is 159 g/mol. The fourth-order valence-corrected chi connectivity index (χ4v) is 0.233. The zero-order valence-corrected chi connectivity index (χ0v) is 7.43. The minimum atomic E-state index is -3.30. The Labute approximate surface area is 91.9 Å². The number of hydrogen-bond donors (Lipinski definition) is 0. The maximum absolute atomic E-state index is 10.8. The molecule has 0 aliphatic rings. The van der Waals surface area contributed by atoms with Crippen LogP contribution in [0.2, 0.25) is 0 Å². The topological polar surface area (TPSA) is 57.2 Å². The first kappa shape index (κ1) is 3.70. The number of ketones is 1. The molecule has 3 nitrogen and oxygen atoms in total. The van der Waals surface area contributed by atoms with Crippen molar-refractivity contribution in [1.29, 1.82) is 0 Å². The van der Waals surface area contributed by atoms with E-state index in [1.807, 2.05) is 0 Å². The second-order valence-corrected chi connectivity index (χ2v) is 1.37. The van der Waals surface area contributed by atoms with Crippen LogP contribution < -0.4 is 34.7 Å². The molecule has 0 atom stereocenters. The second-order valence-electron chi connectivity index (χ2n) is 1.37. The van der Waals surface area contributed by atoms with E-state index < -0.39 is 37.8 Å². The molecule has 0 rings (SSSR count). The van der Waals surface area contributed by atoms with E-state index in [0.29, 0.717) is 0 Å². The Balaban J connectivity index is 0. The first-order chi connectivity index (χ1) is 6.83. The summed E-state index contributed by atoms with van der Waals surface area (Å²) < 4.78 is 48.7. The third kappa shape index (κ3) is 6.26. The second kappa shape index (κ2) is 5.89. The van der Waals surface area contributed by atoms with Crippen molar-refractivity contribution in [3.8, 4) is 0 Å². The zero-order valence-electron chi connectivity index (χ0n) is 12.4. The van der Waals surface area contributed by atoms with Crippen LogP contribution in [-0.4, -0.2) is 11.8 Å². The van der Waals surface area contributed by atoms with E-state index in [1.165, 1.54) is 0 Å². The fourth-order valence-electron chi connectivity index (χ4n) is 0.233. The maximum atomic E-state index is 10.8. The summed E-state index contributed by atoms with van der Waals surface area (Å²) in [6.07, 6.45) is -1.44. The quantitative estimate of drug-likeness (QED) is 0.315. The maximum Gasteiger partial charge on any atom is 1.00 e. The molecule has 0 N–H and O–H groups in total. The summed E-state index contributed by atoms with van der Waals surface area (Å²) in [5, 5.41) is 10.1. The van der Waals surface area contributed by atoms with Gasteiger partial charge in [-0.25, -0.2) is 0 Å². The predicted molar refractivity (Wildman–Crippen MR) is 29.5 cm³/mol. The van der Waals surface area contributed by atoms with E-state index >= 15 is 0 Å². The van der Waals surface area contributed by atoms with Crippen LogP contribution in [0.3, 0.4) is 0 Å². The van der Waals surface area contributed by atoms with Crippen LogP contribution in [0.25, 0.3) is 0 Å². The van der Waals surface area contributed by atoms with Crippen molar-refractivity contribution in [3.05, 3.63) is 0 Å². The smallest absolute Gasteiger partial charge is 0.542 e. The average Bonchev–Trinajstić information content (AvgIpc) is 1.99. The zero-order chi connectivity index (χ0) is 13.4. The SMILES string of the molecule is [2H]C([2H])([2H])C([2H])(CC(=O)C(=O)[O-])C([2H])([2H])[2H].[Na+]. The molecule has 0 bridgehead atoms. The summed E-state index contributed by atoms with van der Waals surface area (Å²) in [6.45, 7) is -6.60. The van der Waals surface area contributed by atoms with Crippen molar-refractivity contribution in [1.82, 2.24) is 0 Å². The fraction of sp³-hybridized carbons (Fsp3) is 0.667. The van der Waals surface area contributed by atoms with Gasteiger partial charge in [0.1, 0.15) is 5.97 Å². The van der Waals surface area contributed by atoms with Crippen LogP contribution in [0.15, 0.2) is 0 Å². The number of Topliss-reactive ketones (excluding diaryl/α,β-unsaturated/α-hetero) is 1. The minimum Gasteiger partial charge on any atom is -0.542 e. The van der Waals surface area contributed by atoms with Crippen molar-refractivity contribution in [2.75, 3.05) is 0 Å². The molecule has 10 heavy (non-hydrogen) atoms. The minimum absolute atomic E-state index is 0. The number of rotatable bonds is 3. The summed E-state index contributed by atoms with van der Waals surface area (Å²) in [5.41, 5.74) is 0. The Kier molecular flexibility index (Phi) is 2.18. The summed E-state index contributed by atoms with van der Waals surface area (Å²) in [5.74, 6) is -7.07. The average molecular weight is 159 g/mol. The van der Waals surface area contributed by atoms with E-state index in [9.17, 15) is 14.7 Å². The molecule has 0 aliphatic carbocycles. The molecule has 0 spiro atoms. The molecule has 52 valence electrons. The Morgan fingerprint density at radius 2 is 2.20 bits per heavy atom. The van der Waals surface area contributed by atoms with Gasteiger partial charge in [-0.1, -0.05) is 13.7 Å². The van der Waals surface area contributed by atoms with Gasteiger partial charge >= 0.3 is 29.6 Å². The van der Waals surface area contributed by atoms with Gasteiger partial charge in [0.05, 0.1) is 0 Å². The van der Waals surface area contributed by atoms with Crippen molar-refractivity contribution >= 4 is 11.8 Å². The molecule has 0 aromatic rings. The van der Waals surface area contributed by atoms with Crippen LogP contribution in [0.4, 0.5) is 0 Å². The van der Waals surface area contributed by atoms with Gasteiger partial charge < -0.3 is 9.90 Å². The summed E-state index contributed by atoms with van der Waals surface area (Å²) in [7, 11) is 0. The molecule has 0 heterocycles. The Hall–Kier alpha value is 0.140. The molecule has 4 heteroatoms. The Morgan fingerprint density at radius 3 is 2.50 bits per heavy atom. The van der Waals surface area contributed by atoms with E-state index in [2.05, 4.69) is 0 Å². The number of carbonyl (C=O) groups is 2. The molecular weight excluding hydrogens is 143 g/mol. The number of aliphatic carboxylic acids is 1. The molecular formula is C6H9NaO3. The summed E-state index contributed by atoms with van der Waals surface area (Å²) in [6, 6.07) is 0. The Bertz CT molecular complexity index is 294. The van der Waals surface area contributed by atoms with Crippen LogP contribution in [0.1, 0.15) is 29.7 Å². The van der Waals surface area contributed by atoms with Crippen molar-refractivity contribution in [2.24, 2.45) is 5.89 Å². The summed E-state index contributed by atoms with van der Waals surface area (Å²) in [4.78, 5) is 20.9. The first-order valence-corrected chi connectivity index (χ1v) is 2.07. The van der Waals surface area contributed by atoms with E-state index in [4.69, 9.17) is 9.60 Å². The third-order valence-corrected chi connectivity index (χ3v) is 0.565. The van der Waals surface area contributed by atoms with Crippen LogP contribution in [0, 0.1) is 5.89 Å². The standard InChI is InChI=1S/C6H10O3.Na/c1-4(2)3-5(7)6(8)9;/h4H,3H2,1-2H3,(H,8,9);/q;+1/p-1/i1D3,2D3,4D;. The molecule has 0 amide bonds. The molecule has 0 unspecified atom stereocenters. The van der Waals surface area contributed by atoms with Crippen molar-refractivity contribution in [3.63, 3.8) is 0 Å². The number of carboxylic acids is 1. The number of carbonyl (C=O) groups excluding carboxylic acids is 2. The van der Waals surface area contributed by atoms with Crippen molar-refractivity contribution < 1.29 is 53.8 Å². The molecule has 0 aliphatic heterocycles. The van der Waals surface area contributed by atoms with E-state index in [-0.39, 0.29) is 29.6 Å². The van der Waals surface area contributed by atoms with Gasteiger partial charge in [0, 0.05) is 16.0 Å². The predicted octanol–water partition coefficient (Wildman–Crippen LogP) is -3.64. The van der Waals surface area contributed by atoms with Crippen LogP contribution >= 0.6 is 0 Å². The van der Waals surface area contributed by atoms with Crippen molar-refractivity contribution in [2.45, 2.75) is 20.1 Å². The summed E-state index contributed by atoms with van der Waals surface area (Å²) >= 11 is 0. The number of hydrogen-bond acceptors (Lipinski definition) is 3. The largest absolute Gasteiger partial charge is 1.00 e. The molecule has 0 radical (unpaired) electrons. The van der Waals surface area contributed by atoms with Crippen LogP contribution in [-0.2, 0) is 9.59 Å². The first-order valence-electron chi connectivity index (χ1n) is 5.57.